The predicted molar refractivity (Wildman–Crippen MR) is 73.6 cm³/mol. The fourth-order valence-corrected chi connectivity index (χ4v) is 1.20. The van der Waals surface area contributed by atoms with Crippen molar-refractivity contribution in [2.75, 3.05) is 72.3 Å². The Hall–Kier alpha value is 0.150. The number of methoxy groups -OCH3 is 1. The Bertz CT molecular complexity index is 132. The number of rotatable bonds is 15. The van der Waals surface area contributed by atoms with Crippen LogP contribution in [-0.4, -0.2) is 72.3 Å². The van der Waals surface area contributed by atoms with Gasteiger partial charge in [-0.1, -0.05) is 0 Å². The Morgan fingerprint density at radius 3 is 1.39 bits per heavy atom. The predicted octanol–water partition coefficient (Wildman–Crippen LogP) is 1.02. The minimum Gasteiger partial charge on any atom is -0.382 e. The van der Waals surface area contributed by atoms with Gasteiger partial charge in [0.25, 0.3) is 0 Å². The molecule has 110 valence electrons. The minimum absolute atomic E-state index is 0.588. The molecule has 18 heavy (non-hydrogen) atoms. The highest BCUT2D eigenvalue weighted by molar-refractivity contribution is 7.80. The third-order valence-electron chi connectivity index (χ3n) is 1.99. The molecular formula is C12H26O5S. The van der Waals surface area contributed by atoms with Crippen LogP contribution in [0.3, 0.4) is 0 Å². The average molecular weight is 282 g/mol. The van der Waals surface area contributed by atoms with E-state index in [1.165, 1.54) is 0 Å². The van der Waals surface area contributed by atoms with Crippen LogP contribution in [0.25, 0.3) is 0 Å². The number of hydrogen-bond donors (Lipinski definition) is 1. The van der Waals surface area contributed by atoms with Crippen LogP contribution in [0.2, 0.25) is 0 Å². The van der Waals surface area contributed by atoms with E-state index in [2.05, 4.69) is 12.6 Å². The number of thiol groups is 1. The molecule has 0 aliphatic heterocycles. The molecule has 0 fully saturated rings. The van der Waals surface area contributed by atoms with Crippen LogP contribution in [0.15, 0.2) is 0 Å². The standard InChI is InChI=1S/C12H26O5S/c1-13-4-5-15-8-9-17-11-10-16-7-6-14-3-2-12-18/h18H,2-12H2,1H3. The van der Waals surface area contributed by atoms with Gasteiger partial charge in [-0.3, -0.25) is 0 Å². The molecule has 5 nitrogen and oxygen atoms in total. The minimum atomic E-state index is 0.588. The third-order valence-corrected chi connectivity index (χ3v) is 2.31. The number of ether oxygens (including phenoxy) is 5. The SMILES string of the molecule is COCCOCCOCCOCCOCCCS. The molecule has 0 aromatic heterocycles. The van der Waals surface area contributed by atoms with E-state index in [1.807, 2.05) is 0 Å². The van der Waals surface area contributed by atoms with E-state index in [0.29, 0.717) is 52.9 Å². The van der Waals surface area contributed by atoms with Gasteiger partial charge in [0.2, 0.25) is 0 Å². The maximum atomic E-state index is 5.33. The molecule has 0 spiro atoms. The highest BCUT2D eigenvalue weighted by atomic mass is 32.1. The van der Waals surface area contributed by atoms with Gasteiger partial charge in [-0.2, -0.15) is 12.6 Å². The summed E-state index contributed by atoms with van der Waals surface area (Å²) in [6.07, 6.45) is 0.981. The maximum Gasteiger partial charge on any atom is 0.0701 e. The lowest BCUT2D eigenvalue weighted by Crippen LogP contribution is -2.13. The molecule has 0 amide bonds. The molecule has 0 atom stereocenters. The van der Waals surface area contributed by atoms with E-state index in [9.17, 15) is 0 Å². The van der Waals surface area contributed by atoms with Crippen LogP contribution < -0.4 is 0 Å². The quantitative estimate of drug-likeness (QED) is 0.359. The first-order chi connectivity index (χ1) is 8.91. The lowest BCUT2D eigenvalue weighted by Gasteiger charge is -2.07. The van der Waals surface area contributed by atoms with Gasteiger partial charge in [-0.05, 0) is 12.2 Å². The molecule has 0 unspecified atom stereocenters. The molecule has 0 aromatic rings. The molecule has 6 heteroatoms. The Morgan fingerprint density at radius 2 is 1.00 bits per heavy atom. The van der Waals surface area contributed by atoms with E-state index < -0.39 is 0 Å². The summed E-state index contributed by atoms with van der Waals surface area (Å²) in [7, 11) is 1.65. The second-order valence-electron chi connectivity index (χ2n) is 3.52. The number of hydrogen-bond acceptors (Lipinski definition) is 6. The summed E-state index contributed by atoms with van der Waals surface area (Å²) >= 11 is 4.09. The zero-order valence-corrected chi connectivity index (χ0v) is 12.2. The molecule has 0 aliphatic rings. The first-order valence-corrected chi connectivity index (χ1v) is 6.96. The van der Waals surface area contributed by atoms with E-state index in [-0.39, 0.29) is 0 Å². The summed E-state index contributed by atoms with van der Waals surface area (Å²) in [4.78, 5) is 0. The van der Waals surface area contributed by atoms with Crippen molar-refractivity contribution in [3.8, 4) is 0 Å². The van der Waals surface area contributed by atoms with Gasteiger partial charge in [0.15, 0.2) is 0 Å². The van der Waals surface area contributed by atoms with Gasteiger partial charge in [-0.15, -0.1) is 0 Å². The molecule has 0 aromatic carbocycles. The van der Waals surface area contributed by atoms with Crippen LogP contribution in [0.1, 0.15) is 6.42 Å². The molecular weight excluding hydrogens is 256 g/mol. The smallest absolute Gasteiger partial charge is 0.0701 e. The van der Waals surface area contributed by atoms with Crippen molar-refractivity contribution in [1.29, 1.82) is 0 Å². The van der Waals surface area contributed by atoms with Crippen LogP contribution in [0, 0.1) is 0 Å². The Labute approximate surface area is 115 Å². The Kier molecular flexibility index (Phi) is 17.3. The molecule has 0 N–H and O–H groups in total. The highest BCUT2D eigenvalue weighted by Gasteiger charge is 1.92. The summed E-state index contributed by atoms with van der Waals surface area (Å²) in [5.41, 5.74) is 0. The molecule has 0 radical (unpaired) electrons. The lowest BCUT2D eigenvalue weighted by molar-refractivity contribution is -0.00764. The summed E-state index contributed by atoms with van der Waals surface area (Å²) in [5, 5.41) is 0. The summed E-state index contributed by atoms with van der Waals surface area (Å²) < 4.78 is 26.0. The van der Waals surface area contributed by atoms with Crippen LogP contribution in [0.5, 0.6) is 0 Å². The first kappa shape index (κ1) is 18.1. The largest absolute Gasteiger partial charge is 0.382 e. The molecule has 0 rings (SSSR count). The van der Waals surface area contributed by atoms with E-state index in [4.69, 9.17) is 23.7 Å². The van der Waals surface area contributed by atoms with Crippen molar-refractivity contribution >= 4 is 12.6 Å². The van der Waals surface area contributed by atoms with Gasteiger partial charge in [0.05, 0.1) is 52.9 Å². The Morgan fingerprint density at radius 1 is 0.611 bits per heavy atom. The summed E-state index contributed by atoms with van der Waals surface area (Å²) in [5.74, 6) is 0.862. The van der Waals surface area contributed by atoms with E-state index in [0.717, 1.165) is 18.8 Å². The van der Waals surface area contributed by atoms with Crippen LogP contribution in [-0.2, 0) is 23.7 Å². The molecule has 0 heterocycles. The van der Waals surface area contributed by atoms with Crippen molar-refractivity contribution in [1.82, 2.24) is 0 Å². The third kappa shape index (κ3) is 16.1. The molecule has 0 saturated heterocycles. The van der Waals surface area contributed by atoms with Gasteiger partial charge in [-0.25, -0.2) is 0 Å². The van der Waals surface area contributed by atoms with Crippen molar-refractivity contribution in [2.24, 2.45) is 0 Å². The zero-order valence-electron chi connectivity index (χ0n) is 11.3. The molecule has 0 aliphatic carbocycles. The highest BCUT2D eigenvalue weighted by Crippen LogP contribution is 1.86. The van der Waals surface area contributed by atoms with Gasteiger partial charge in [0, 0.05) is 13.7 Å². The second-order valence-corrected chi connectivity index (χ2v) is 3.97. The molecule has 0 bridgehead atoms. The second kappa shape index (κ2) is 17.2. The fourth-order valence-electron chi connectivity index (χ4n) is 1.07. The first-order valence-electron chi connectivity index (χ1n) is 6.32. The average Bonchev–Trinajstić information content (AvgIpc) is 2.39. The van der Waals surface area contributed by atoms with E-state index in [1.54, 1.807) is 7.11 Å². The van der Waals surface area contributed by atoms with Gasteiger partial charge in [0.1, 0.15) is 0 Å². The van der Waals surface area contributed by atoms with Crippen molar-refractivity contribution < 1.29 is 23.7 Å². The molecule has 0 saturated carbocycles. The van der Waals surface area contributed by atoms with Crippen molar-refractivity contribution in [3.05, 3.63) is 0 Å². The Balaban J connectivity index is 2.86. The lowest BCUT2D eigenvalue weighted by atomic mass is 10.5. The van der Waals surface area contributed by atoms with E-state index >= 15 is 0 Å². The zero-order chi connectivity index (χ0) is 13.3. The van der Waals surface area contributed by atoms with Crippen molar-refractivity contribution in [2.45, 2.75) is 6.42 Å². The van der Waals surface area contributed by atoms with Gasteiger partial charge >= 0.3 is 0 Å². The maximum absolute atomic E-state index is 5.33. The van der Waals surface area contributed by atoms with Crippen LogP contribution >= 0.6 is 12.6 Å². The van der Waals surface area contributed by atoms with Crippen LogP contribution in [0.4, 0.5) is 0 Å². The van der Waals surface area contributed by atoms with Gasteiger partial charge < -0.3 is 23.7 Å². The van der Waals surface area contributed by atoms with Crippen molar-refractivity contribution in [3.63, 3.8) is 0 Å². The monoisotopic (exact) mass is 282 g/mol. The topological polar surface area (TPSA) is 46.2 Å². The fraction of sp³-hybridized carbons (Fsp3) is 1.00. The summed E-state index contributed by atoms with van der Waals surface area (Å²) in [6.45, 7) is 5.59. The summed E-state index contributed by atoms with van der Waals surface area (Å²) in [6, 6.07) is 0. The normalized spacial score (nSPS) is 11.0.